The van der Waals surface area contributed by atoms with Gasteiger partial charge in [0.25, 0.3) is 5.91 Å². The van der Waals surface area contributed by atoms with Gasteiger partial charge in [-0.15, -0.1) is 11.8 Å². The van der Waals surface area contributed by atoms with Crippen LogP contribution >= 0.6 is 11.8 Å². The molecule has 0 saturated carbocycles. The minimum Gasteiger partial charge on any atom is -0.459 e. The zero-order chi connectivity index (χ0) is 22.2. The lowest BCUT2D eigenvalue weighted by atomic mass is 9.95. The summed E-state index contributed by atoms with van der Waals surface area (Å²) in [4.78, 5) is 40.0. The lowest BCUT2D eigenvalue weighted by Gasteiger charge is -2.43. The van der Waals surface area contributed by atoms with E-state index in [1.807, 2.05) is 69.3 Å². The molecule has 0 spiro atoms. The Balaban J connectivity index is 1.43. The molecule has 2 saturated heterocycles. The number of amides is 2. The standard InChI is InChI=1S/C24H26N2O4S/c1-4-15-11-8-12-17(13-15)20(27)25-18-21(28)26-19(24(2,3)31-22(18)26)23(29)30-14-16-9-6-5-7-10-16/h5-13,18-19,22H,4,14H2,1-3H3,(H,25,27)/t18?,19?,22-/m1/s1. The molecule has 2 aliphatic rings. The molecular formula is C24H26N2O4S. The Kier molecular flexibility index (Phi) is 5.79. The highest BCUT2D eigenvalue weighted by Gasteiger charge is 2.64. The first-order chi connectivity index (χ1) is 14.8. The number of esters is 1. The molecule has 2 unspecified atom stereocenters. The molecule has 162 valence electrons. The summed E-state index contributed by atoms with van der Waals surface area (Å²) < 4.78 is 5.01. The van der Waals surface area contributed by atoms with Gasteiger partial charge in [-0.2, -0.15) is 0 Å². The lowest BCUT2D eigenvalue weighted by molar-refractivity contribution is -0.164. The summed E-state index contributed by atoms with van der Waals surface area (Å²) in [6, 6.07) is 15.5. The first kappa shape index (κ1) is 21.4. The molecule has 2 fully saturated rings. The Hall–Kier alpha value is -2.80. The van der Waals surface area contributed by atoms with Crippen LogP contribution in [0, 0.1) is 0 Å². The molecule has 0 aliphatic carbocycles. The minimum atomic E-state index is -0.685. The van der Waals surface area contributed by atoms with E-state index < -0.39 is 22.8 Å². The van der Waals surface area contributed by atoms with E-state index in [4.69, 9.17) is 4.74 Å². The van der Waals surface area contributed by atoms with E-state index in [0.29, 0.717) is 5.56 Å². The molecule has 7 heteroatoms. The van der Waals surface area contributed by atoms with Gasteiger partial charge < -0.3 is 15.0 Å². The van der Waals surface area contributed by atoms with E-state index in [9.17, 15) is 14.4 Å². The lowest BCUT2D eigenvalue weighted by Crippen LogP contribution is -2.70. The fourth-order valence-electron chi connectivity index (χ4n) is 4.09. The molecule has 0 aromatic heterocycles. The molecular weight excluding hydrogens is 412 g/mol. The van der Waals surface area contributed by atoms with E-state index in [1.165, 1.54) is 11.8 Å². The maximum Gasteiger partial charge on any atom is 0.330 e. The fraction of sp³-hybridized carbons (Fsp3) is 0.375. The highest BCUT2D eigenvalue weighted by Crippen LogP contribution is 2.51. The van der Waals surface area contributed by atoms with Gasteiger partial charge in [0, 0.05) is 10.3 Å². The van der Waals surface area contributed by atoms with Gasteiger partial charge in [0.1, 0.15) is 24.1 Å². The van der Waals surface area contributed by atoms with Crippen LogP contribution in [0.1, 0.15) is 42.3 Å². The van der Waals surface area contributed by atoms with Gasteiger partial charge in [-0.3, -0.25) is 9.59 Å². The van der Waals surface area contributed by atoms with Crippen LogP contribution in [0.15, 0.2) is 54.6 Å². The maximum atomic E-state index is 12.9. The van der Waals surface area contributed by atoms with Gasteiger partial charge in [0.2, 0.25) is 5.91 Å². The second kappa shape index (κ2) is 8.38. The number of hydrogen-bond donors (Lipinski definition) is 1. The number of thioether (sulfide) groups is 1. The van der Waals surface area contributed by atoms with Crippen molar-refractivity contribution in [3.63, 3.8) is 0 Å². The molecule has 0 radical (unpaired) electrons. The van der Waals surface area contributed by atoms with Crippen molar-refractivity contribution in [3.05, 3.63) is 71.3 Å². The number of nitrogens with one attached hydrogen (secondary N) is 1. The van der Waals surface area contributed by atoms with Crippen LogP contribution in [0.3, 0.4) is 0 Å². The predicted octanol–water partition coefficient (Wildman–Crippen LogP) is 3.15. The van der Waals surface area contributed by atoms with Crippen molar-refractivity contribution in [1.82, 2.24) is 10.2 Å². The number of carbonyl (C=O) groups excluding carboxylic acids is 3. The van der Waals surface area contributed by atoms with Crippen molar-refractivity contribution in [2.45, 2.75) is 56.0 Å². The molecule has 4 rings (SSSR count). The third kappa shape index (κ3) is 4.06. The average Bonchev–Trinajstić information content (AvgIpc) is 3.04. The van der Waals surface area contributed by atoms with Crippen molar-refractivity contribution in [3.8, 4) is 0 Å². The number of ether oxygens (including phenoxy) is 1. The highest BCUT2D eigenvalue weighted by molar-refractivity contribution is 8.01. The molecule has 2 aromatic carbocycles. The van der Waals surface area contributed by atoms with Crippen molar-refractivity contribution in [2.75, 3.05) is 0 Å². The van der Waals surface area contributed by atoms with E-state index >= 15 is 0 Å². The Morgan fingerprint density at radius 3 is 2.52 bits per heavy atom. The third-order valence-corrected chi connectivity index (χ3v) is 7.34. The molecule has 0 bridgehead atoms. The smallest absolute Gasteiger partial charge is 0.330 e. The van der Waals surface area contributed by atoms with E-state index in [1.54, 1.807) is 11.0 Å². The summed E-state index contributed by atoms with van der Waals surface area (Å²) in [5, 5.41) is 2.57. The summed E-state index contributed by atoms with van der Waals surface area (Å²) >= 11 is 1.52. The van der Waals surface area contributed by atoms with Crippen molar-refractivity contribution in [1.29, 1.82) is 0 Å². The Labute approximate surface area is 186 Å². The summed E-state index contributed by atoms with van der Waals surface area (Å²) in [6.45, 7) is 6.05. The van der Waals surface area contributed by atoms with E-state index in [0.717, 1.165) is 17.5 Å². The van der Waals surface area contributed by atoms with Crippen LogP contribution in [-0.4, -0.2) is 44.9 Å². The number of carbonyl (C=O) groups is 3. The number of fused-ring (bicyclic) bond motifs is 1. The topological polar surface area (TPSA) is 75.7 Å². The van der Waals surface area contributed by atoms with E-state index in [2.05, 4.69) is 5.32 Å². The van der Waals surface area contributed by atoms with Gasteiger partial charge in [0.15, 0.2) is 0 Å². The van der Waals surface area contributed by atoms with Crippen molar-refractivity contribution < 1.29 is 19.1 Å². The van der Waals surface area contributed by atoms with Crippen LogP contribution in [0.4, 0.5) is 0 Å². The molecule has 2 aromatic rings. The monoisotopic (exact) mass is 438 g/mol. The van der Waals surface area contributed by atoms with E-state index in [-0.39, 0.29) is 23.8 Å². The molecule has 2 heterocycles. The number of nitrogens with zero attached hydrogens (tertiary/aromatic N) is 1. The predicted molar refractivity (Wildman–Crippen MR) is 119 cm³/mol. The largest absolute Gasteiger partial charge is 0.459 e. The summed E-state index contributed by atoms with van der Waals surface area (Å²) in [5.41, 5.74) is 2.49. The maximum absolute atomic E-state index is 12.9. The van der Waals surface area contributed by atoms with Crippen LogP contribution in [0.25, 0.3) is 0 Å². The number of β-lactam (4-membered cyclic amide) rings is 1. The van der Waals surface area contributed by atoms with Crippen molar-refractivity contribution >= 4 is 29.5 Å². The van der Waals surface area contributed by atoms with Crippen molar-refractivity contribution in [2.24, 2.45) is 0 Å². The zero-order valence-electron chi connectivity index (χ0n) is 17.8. The zero-order valence-corrected chi connectivity index (χ0v) is 18.6. The summed E-state index contributed by atoms with van der Waals surface area (Å²) in [6.07, 6.45) is 0.830. The molecule has 3 atom stereocenters. The Morgan fingerprint density at radius 2 is 1.81 bits per heavy atom. The number of benzene rings is 2. The Bertz CT molecular complexity index is 1010. The number of aryl methyl sites for hydroxylation is 1. The van der Waals surface area contributed by atoms with Crippen LogP contribution < -0.4 is 5.32 Å². The van der Waals surface area contributed by atoms with Gasteiger partial charge in [-0.25, -0.2) is 4.79 Å². The van der Waals surface area contributed by atoms with Gasteiger partial charge in [0.05, 0.1) is 0 Å². The molecule has 1 N–H and O–H groups in total. The summed E-state index contributed by atoms with van der Waals surface area (Å²) in [7, 11) is 0. The minimum absolute atomic E-state index is 0.164. The van der Waals surface area contributed by atoms with Crippen LogP contribution in [0.5, 0.6) is 0 Å². The number of rotatable bonds is 6. The first-order valence-electron chi connectivity index (χ1n) is 10.4. The second-order valence-corrected chi connectivity index (χ2v) is 10.1. The van der Waals surface area contributed by atoms with Gasteiger partial charge in [-0.05, 0) is 43.5 Å². The third-order valence-electron chi connectivity index (χ3n) is 5.77. The van der Waals surface area contributed by atoms with Gasteiger partial charge >= 0.3 is 5.97 Å². The highest BCUT2D eigenvalue weighted by atomic mass is 32.2. The van der Waals surface area contributed by atoms with Gasteiger partial charge in [-0.1, -0.05) is 49.4 Å². The fourth-order valence-corrected chi connectivity index (χ4v) is 5.71. The second-order valence-electron chi connectivity index (χ2n) is 8.36. The average molecular weight is 439 g/mol. The first-order valence-corrected chi connectivity index (χ1v) is 11.3. The molecule has 6 nitrogen and oxygen atoms in total. The normalized spacial score (nSPS) is 23.6. The van der Waals surface area contributed by atoms with Crippen LogP contribution in [0.2, 0.25) is 0 Å². The quantitative estimate of drug-likeness (QED) is 0.554. The SMILES string of the molecule is CCc1cccc(C(=O)NC2C(=O)N3C(C(=O)OCc4ccccc4)C(C)(C)S[C@H]23)c1. The molecule has 2 aliphatic heterocycles. The van der Waals surface area contributed by atoms with Crippen LogP contribution in [-0.2, 0) is 27.4 Å². The summed E-state index contributed by atoms with van der Waals surface area (Å²) in [5.74, 6) is -0.941. The number of hydrogen-bond acceptors (Lipinski definition) is 5. The molecule has 31 heavy (non-hydrogen) atoms. The molecule has 2 amide bonds. The Morgan fingerprint density at radius 1 is 1.10 bits per heavy atom.